The highest BCUT2D eigenvalue weighted by molar-refractivity contribution is 7.99. The first-order chi connectivity index (χ1) is 13.5. The molecule has 0 saturated carbocycles. The summed E-state index contributed by atoms with van der Waals surface area (Å²) in [5.41, 5.74) is 0.906. The molecule has 0 spiro atoms. The zero-order valence-corrected chi connectivity index (χ0v) is 18.3. The van der Waals surface area contributed by atoms with Gasteiger partial charge in [0.1, 0.15) is 0 Å². The molecule has 9 heteroatoms. The quantitative estimate of drug-likeness (QED) is 0.345. The maximum Gasteiger partial charge on any atom is 0.233 e. The van der Waals surface area contributed by atoms with Crippen LogP contribution in [0.5, 0.6) is 0 Å². The van der Waals surface area contributed by atoms with Crippen LogP contribution in [0.25, 0.3) is 11.4 Å². The fourth-order valence-electron chi connectivity index (χ4n) is 2.50. The zero-order valence-electron chi connectivity index (χ0n) is 15.1. The van der Waals surface area contributed by atoms with Gasteiger partial charge in [-0.25, -0.2) is 0 Å². The Morgan fingerprint density at radius 1 is 1.25 bits per heavy atom. The van der Waals surface area contributed by atoms with Gasteiger partial charge in [0.15, 0.2) is 11.0 Å². The van der Waals surface area contributed by atoms with Crippen molar-refractivity contribution in [1.29, 1.82) is 0 Å². The molecule has 0 atom stereocenters. The van der Waals surface area contributed by atoms with E-state index in [1.54, 1.807) is 18.0 Å². The third-order valence-corrected chi connectivity index (χ3v) is 6.32. The fraction of sp³-hybridized carbons (Fsp3) is 0.211. The molecule has 0 aliphatic heterocycles. The first-order valence-corrected chi connectivity index (χ1v) is 10.9. The van der Waals surface area contributed by atoms with Gasteiger partial charge in [-0.15, -0.1) is 28.1 Å². The minimum atomic E-state index is 0.00992. The molecule has 2 aromatic heterocycles. The maximum atomic E-state index is 12.5. The van der Waals surface area contributed by atoms with Crippen LogP contribution in [0.4, 0.5) is 0 Å². The Bertz CT molecular complexity index is 969. The predicted octanol–water partition coefficient (Wildman–Crippen LogP) is 5.25. The molecular weight excluding hydrogens is 435 g/mol. The molecule has 0 N–H and O–H groups in total. The van der Waals surface area contributed by atoms with Crippen molar-refractivity contribution in [1.82, 2.24) is 19.7 Å². The molecular formula is C19H18Cl2N4OS2. The molecule has 0 saturated heterocycles. The van der Waals surface area contributed by atoms with Crippen LogP contribution in [0.15, 0.2) is 54.2 Å². The van der Waals surface area contributed by atoms with Crippen LogP contribution >= 0.6 is 46.3 Å². The molecule has 146 valence electrons. The molecule has 0 bridgehead atoms. The van der Waals surface area contributed by atoms with E-state index in [9.17, 15) is 4.79 Å². The minimum Gasteiger partial charge on any atom is -0.340 e. The lowest BCUT2D eigenvalue weighted by atomic mass is 10.2. The number of rotatable bonds is 8. The number of amides is 1. The van der Waals surface area contributed by atoms with Crippen molar-refractivity contribution in [3.05, 3.63) is 63.3 Å². The Hall–Kier alpha value is -1.80. The van der Waals surface area contributed by atoms with Crippen molar-refractivity contribution in [2.24, 2.45) is 0 Å². The van der Waals surface area contributed by atoms with Gasteiger partial charge in [0.2, 0.25) is 5.91 Å². The number of benzene rings is 1. The van der Waals surface area contributed by atoms with Gasteiger partial charge in [0.25, 0.3) is 0 Å². The molecule has 2 heterocycles. The highest BCUT2D eigenvalue weighted by atomic mass is 35.5. The monoisotopic (exact) mass is 452 g/mol. The summed E-state index contributed by atoms with van der Waals surface area (Å²) >= 11 is 14.8. The van der Waals surface area contributed by atoms with E-state index in [4.69, 9.17) is 23.2 Å². The van der Waals surface area contributed by atoms with Crippen molar-refractivity contribution in [3.63, 3.8) is 0 Å². The summed E-state index contributed by atoms with van der Waals surface area (Å²) in [7, 11) is 1.78. The Kier molecular flexibility index (Phi) is 7.18. The van der Waals surface area contributed by atoms with E-state index in [0.29, 0.717) is 29.1 Å². The number of carbonyl (C=O) groups is 1. The molecule has 3 rings (SSSR count). The smallest absolute Gasteiger partial charge is 0.233 e. The van der Waals surface area contributed by atoms with Crippen molar-refractivity contribution >= 4 is 52.2 Å². The number of allylic oxidation sites excluding steroid dienone is 1. The second-order valence-electron chi connectivity index (χ2n) is 5.96. The van der Waals surface area contributed by atoms with Gasteiger partial charge in [0.05, 0.1) is 16.6 Å². The van der Waals surface area contributed by atoms with Gasteiger partial charge in [-0.05, 0) is 36.4 Å². The summed E-state index contributed by atoms with van der Waals surface area (Å²) in [6.45, 7) is 4.89. The third kappa shape index (κ3) is 5.17. The average Bonchev–Trinajstić information content (AvgIpc) is 3.27. The first kappa shape index (κ1) is 20.9. The summed E-state index contributed by atoms with van der Waals surface area (Å²) < 4.78 is 2.66. The number of aromatic nitrogens is 3. The molecule has 0 fully saturated rings. The summed E-state index contributed by atoms with van der Waals surface area (Å²) in [5.74, 6) is 0.995. The number of hydrogen-bond donors (Lipinski definition) is 0. The molecule has 0 aliphatic carbocycles. The third-order valence-electron chi connectivity index (χ3n) is 3.90. The molecule has 5 nitrogen and oxygen atoms in total. The van der Waals surface area contributed by atoms with Gasteiger partial charge in [0, 0.05) is 29.1 Å². The van der Waals surface area contributed by atoms with Crippen LogP contribution < -0.4 is 0 Å². The predicted molar refractivity (Wildman–Crippen MR) is 117 cm³/mol. The van der Waals surface area contributed by atoms with E-state index < -0.39 is 0 Å². The van der Waals surface area contributed by atoms with Crippen LogP contribution in [0.1, 0.15) is 4.88 Å². The van der Waals surface area contributed by atoms with Crippen LogP contribution in [-0.2, 0) is 17.9 Å². The number of hydrogen-bond acceptors (Lipinski definition) is 5. The van der Waals surface area contributed by atoms with E-state index in [1.807, 2.05) is 41.0 Å². The summed E-state index contributed by atoms with van der Waals surface area (Å²) in [4.78, 5) is 15.2. The lowest BCUT2D eigenvalue weighted by Crippen LogP contribution is -2.27. The standard InChI is InChI=1S/C19H18Cl2N4OS2/c1-3-10-25-18(13-4-6-14(20)7-5-13)22-23-19(25)27-12-17(26)24(2)11-15-8-9-16(21)28-15/h3-9H,1,10-12H2,2H3. The highest BCUT2D eigenvalue weighted by Gasteiger charge is 2.17. The van der Waals surface area contributed by atoms with Gasteiger partial charge in [-0.3, -0.25) is 9.36 Å². The number of halogens is 2. The van der Waals surface area contributed by atoms with E-state index in [0.717, 1.165) is 14.8 Å². The number of carbonyl (C=O) groups excluding carboxylic acids is 1. The largest absolute Gasteiger partial charge is 0.340 e. The Morgan fingerprint density at radius 3 is 2.64 bits per heavy atom. The van der Waals surface area contributed by atoms with Crippen LogP contribution in [0.2, 0.25) is 9.36 Å². The van der Waals surface area contributed by atoms with Gasteiger partial charge >= 0.3 is 0 Å². The highest BCUT2D eigenvalue weighted by Crippen LogP contribution is 2.26. The molecule has 0 aliphatic rings. The summed E-state index contributed by atoms with van der Waals surface area (Å²) in [5, 5.41) is 9.89. The number of thiophene rings is 1. The lowest BCUT2D eigenvalue weighted by Gasteiger charge is -2.16. The van der Waals surface area contributed by atoms with Crippen molar-refractivity contribution in [2.75, 3.05) is 12.8 Å². The summed E-state index contributed by atoms with van der Waals surface area (Å²) in [6, 6.07) is 11.2. The SMILES string of the molecule is C=CCn1c(SCC(=O)N(C)Cc2ccc(Cl)s2)nnc1-c1ccc(Cl)cc1. The van der Waals surface area contributed by atoms with Gasteiger partial charge < -0.3 is 4.90 Å². The Balaban J connectivity index is 1.68. The second-order valence-corrected chi connectivity index (χ2v) is 9.14. The van der Waals surface area contributed by atoms with Crippen LogP contribution in [-0.4, -0.2) is 38.4 Å². The number of thioether (sulfide) groups is 1. The second kappa shape index (κ2) is 9.60. The van der Waals surface area contributed by atoms with E-state index in [-0.39, 0.29) is 11.7 Å². The molecule has 1 aromatic carbocycles. The molecule has 28 heavy (non-hydrogen) atoms. The zero-order chi connectivity index (χ0) is 20.1. The van der Waals surface area contributed by atoms with Gasteiger partial charge in [-0.2, -0.15) is 0 Å². The average molecular weight is 453 g/mol. The Morgan fingerprint density at radius 2 is 2.00 bits per heavy atom. The first-order valence-electron chi connectivity index (χ1n) is 8.39. The molecule has 3 aromatic rings. The van der Waals surface area contributed by atoms with E-state index >= 15 is 0 Å². The maximum absolute atomic E-state index is 12.5. The van der Waals surface area contributed by atoms with Crippen LogP contribution in [0, 0.1) is 0 Å². The van der Waals surface area contributed by atoms with Crippen molar-refractivity contribution < 1.29 is 4.79 Å². The molecule has 0 unspecified atom stereocenters. The van der Waals surface area contributed by atoms with Crippen LogP contribution in [0.3, 0.4) is 0 Å². The van der Waals surface area contributed by atoms with Gasteiger partial charge in [-0.1, -0.05) is 41.0 Å². The minimum absolute atomic E-state index is 0.00992. The van der Waals surface area contributed by atoms with E-state index in [2.05, 4.69) is 16.8 Å². The van der Waals surface area contributed by atoms with Crippen molar-refractivity contribution in [2.45, 2.75) is 18.2 Å². The number of nitrogens with zero attached hydrogens (tertiary/aromatic N) is 4. The normalized spacial score (nSPS) is 10.8. The molecule has 1 amide bonds. The Labute approximate surface area is 182 Å². The summed E-state index contributed by atoms with van der Waals surface area (Å²) in [6.07, 6.45) is 1.78. The fourth-order valence-corrected chi connectivity index (χ4v) is 4.65. The topological polar surface area (TPSA) is 51.0 Å². The molecule has 0 radical (unpaired) electrons. The van der Waals surface area contributed by atoms with Crippen molar-refractivity contribution in [3.8, 4) is 11.4 Å². The lowest BCUT2D eigenvalue weighted by molar-refractivity contribution is -0.127. The van der Waals surface area contributed by atoms with E-state index in [1.165, 1.54) is 23.1 Å².